The maximum atomic E-state index is 9.37. The molecule has 2 rings (SSSR count). The van der Waals surface area contributed by atoms with Crippen LogP contribution >= 0.6 is 15.9 Å². The van der Waals surface area contributed by atoms with Crippen molar-refractivity contribution >= 4 is 15.9 Å². The van der Waals surface area contributed by atoms with Gasteiger partial charge in [-0.05, 0) is 30.3 Å². The minimum atomic E-state index is -0.0847. The number of hydrogen-bond acceptors (Lipinski definition) is 4. The van der Waals surface area contributed by atoms with Crippen LogP contribution in [0.3, 0.4) is 0 Å². The Morgan fingerprint density at radius 3 is 2.29 bits per heavy atom. The van der Waals surface area contributed by atoms with Gasteiger partial charge in [-0.1, -0.05) is 15.9 Å². The maximum Gasteiger partial charge on any atom is 0.129 e. The van der Waals surface area contributed by atoms with Gasteiger partial charge in [-0.15, -0.1) is 0 Å². The molecule has 21 heavy (non-hydrogen) atoms. The summed E-state index contributed by atoms with van der Waals surface area (Å²) in [4.78, 5) is 0. The molecule has 0 aliphatic heterocycles. The van der Waals surface area contributed by atoms with Crippen LogP contribution in [0, 0.1) is 0 Å². The van der Waals surface area contributed by atoms with E-state index in [0.29, 0.717) is 18.1 Å². The van der Waals surface area contributed by atoms with Crippen LogP contribution in [0.25, 0.3) is 0 Å². The second-order valence-corrected chi connectivity index (χ2v) is 5.23. The topological polar surface area (TPSA) is 47.9 Å². The number of rotatable bonds is 6. The van der Waals surface area contributed by atoms with Crippen LogP contribution in [0.2, 0.25) is 0 Å². The molecular formula is C16H17BrO4. The molecular weight excluding hydrogens is 336 g/mol. The molecule has 0 bridgehead atoms. The summed E-state index contributed by atoms with van der Waals surface area (Å²) in [7, 11) is 3.22. The lowest BCUT2D eigenvalue weighted by atomic mass is 10.2. The summed E-state index contributed by atoms with van der Waals surface area (Å²) < 4.78 is 17.1. The molecule has 0 saturated carbocycles. The lowest BCUT2D eigenvalue weighted by molar-refractivity contribution is 0.257. The number of aliphatic hydroxyl groups excluding tert-OH is 1. The average molecular weight is 353 g/mol. The second-order valence-electron chi connectivity index (χ2n) is 4.38. The van der Waals surface area contributed by atoms with Gasteiger partial charge in [0.1, 0.15) is 23.9 Å². The first kappa shape index (κ1) is 15.7. The Morgan fingerprint density at radius 1 is 0.952 bits per heavy atom. The highest BCUT2D eigenvalue weighted by Gasteiger charge is 2.08. The Hall–Kier alpha value is -1.72. The number of aliphatic hydroxyl groups is 1. The Kier molecular flexibility index (Phi) is 5.47. The third kappa shape index (κ3) is 3.89. The van der Waals surface area contributed by atoms with E-state index in [9.17, 15) is 5.11 Å². The summed E-state index contributed by atoms with van der Waals surface area (Å²) in [5.74, 6) is 2.06. The third-order valence-electron chi connectivity index (χ3n) is 3.08. The molecule has 0 unspecified atom stereocenters. The molecule has 4 nitrogen and oxygen atoms in total. The van der Waals surface area contributed by atoms with Crippen molar-refractivity contribution in [2.24, 2.45) is 0 Å². The normalized spacial score (nSPS) is 10.3. The highest BCUT2D eigenvalue weighted by molar-refractivity contribution is 9.10. The average Bonchev–Trinajstić information content (AvgIpc) is 2.53. The summed E-state index contributed by atoms with van der Waals surface area (Å²) >= 11 is 3.49. The van der Waals surface area contributed by atoms with Crippen molar-refractivity contribution in [3.8, 4) is 17.2 Å². The third-order valence-corrected chi connectivity index (χ3v) is 3.85. The highest BCUT2D eigenvalue weighted by atomic mass is 79.9. The van der Waals surface area contributed by atoms with Gasteiger partial charge in [0.15, 0.2) is 0 Å². The van der Waals surface area contributed by atoms with E-state index < -0.39 is 0 Å². The summed E-state index contributed by atoms with van der Waals surface area (Å²) in [5, 5.41) is 9.37. The molecule has 0 aliphatic carbocycles. The zero-order valence-corrected chi connectivity index (χ0v) is 13.5. The van der Waals surface area contributed by atoms with Crippen molar-refractivity contribution in [1.29, 1.82) is 0 Å². The van der Waals surface area contributed by atoms with E-state index >= 15 is 0 Å². The van der Waals surface area contributed by atoms with E-state index in [1.807, 2.05) is 18.2 Å². The van der Waals surface area contributed by atoms with Crippen molar-refractivity contribution in [3.05, 3.63) is 52.0 Å². The first-order chi connectivity index (χ1) is 10.2. The molecule has 0 fully saturated rings. The fourth-order valence-electron chi connectivity index (χ4n) is 1.87. The molecule has 0 aliphatic rings. The van der Waals surface area contributed by atoms with Crippen molar-refractivity contribution in [2.45, 2.75) is 13.2 Å². The Bertz CT molecular complexity index is 613. The van der Waals surface area contributed by atoms with E-state index in [1.165, 1.54) is 0 Å². The quantitative estimate of drug-likeness (QED) is 0.863. The second kappa shape index (κ2) is 7.33. The summed E-state index contributed by atoms with van der Waals surface area (Å²) in [5.41, 5.74) is 1.68. The Balaban J connectivity index is 2.19. The minimum absolute atomic E-state index is 0.0847. The van der Waals surface area contributed by atoms with Crippen molar-refractivity contribution < 1.29 is 19.3 Å². The predicted molar refractivity (Wildman–Crippen MR) is 83.9 cm³/mol. The van der Waals surface area contributed by atoms with Gasteiger partial charge < -0.3 is 19.3 Å². The standard InChI is InChI=1S/C16H17BrO4/c1-19-13-5-6-15(17)12(7-13)10-21-16-8-14(20-2)4-3-11(16)9-18/h3-8,18H,9-10H2,1-2H3. The molecule has 2 aromatic carbocycles. The largest absolute Gasteiger partial charge is 0.497 e. The van der Waals surface area contributed by atoms with Crippen LogP contribution in [0.1, 0.15) is 11.1 Å². The van der Waals surface area contributed by atoms with Crippen LogP contribution in [0.5, 0.6) is 17.2 Å². The van der Waals surface area contributed by atoms with Gasteiger partial charge >= 0.3 is 0 Å². The summed E-state index contributed by atoms with van der Waals surface area (Å²) in [6, 6.07) is 11.0. The molecule has 0 radical (unpaired) electrons. The van der Waals surface area contributed by atoms with Crippen LogP contribution < -0.4 is 14.2 Å². The van der Waals surface area contributed by atoms with Crippen LogP contribution in [-0.2, 0) is 13.2 Å². The van der Waals surface area contributed by atoms with Gasteiger partial charge in [0.2, 0.25) is 0 Å². The molecule has 0 saturated heterocycles. The van der Waals surface area contributed by atoms with Crippen molar-refractivity contribution in [3.63, 3.8) is 0 Å². The smallest absolute Gasteiger partial charge is 0.129 e. The van der Waals surface area contributed by atoms with E-state index in [-0.39, 0.29) is 6.61 Å². The van der Waals surface area contributed by atoms with E-state index in [4.69, 9.17) is 14.2 Å². The number of ether oxygens (including phenoxy) is 3. The monoisotopic (exact) mass is 352 g/mol. The molecule has 0 amide bonds. The van der Waals surface area contributed by atoms with Crippen molar-refractivity contribution in [1.82, 2.24) is 0 Å². The lowest BCUT2D eigenvalue weighted by Gasteiger charge is -2.13. The Morgan fingerprint density at radius 2 is 1.62 bits per heavy atom. The fourth-order valence-corrected chi connectivity index (χ4v) is 2.23. The first-order valence-corrected chi connectivity index (χ1v) is 7.20. The van der Waals surface area contributed by atoms with Crippen LogP contribution in [0.4, 0.5) is 0 Å². The number of benzene rings is 2. The fraction of sp³-hybridized carbons (Fsp3) is 0.250. The van der Waals surface area contributed by atoms with Gasteiger partial charge in [0.25, 0.3) is 0 Å². The first-order valence-electron chi connectivity index (χ1n) is 6.41. The number of methoxy groups -OCH3 is 2. The zero-order chi connectivity index (χ0) is 15.2. The van der Waals surface area contributed by atoms with Gasteiger partial charge in [-0.3, -0.25) is 0 Å². The van der Waals surface area contributed by atoms with Crippen LogP contribution in [-0.4, -0.2) is 19.3 Å². The van der Waals surface area contributed by atoms with E-state index in [0.717, 1.165) is 21.3 Å². The SMILES string of the molecule is COc1ccc(Br)c(COc2cc(OC)ccc2CO)c1. The van der Waals surface area contributed by atoms with Crippen molar-refractivity contribution in [2.75, 3.05) is 14.2 Å². The Labute approximate surface area is 132 Å². The predicted octanol–water partition coefficient (Wildman–Crippen LogP) is 3.54. The number of halogens is 1. The molecule has 0 aromatic heterocycles. The molecule has 2 aromatic rings. The molecule has 5 heteroatoms. The van der Waals surface area contributed by atoms with E-state index in [1.54, 1.807) is 32.4 Å². The zero-order valence-electron chi connectivity index (χ0n) is 11.9. The van der Waals surface area contributed by atoms with Gasteiger partial charge in [0.05, 0.1) is 20.8 Å². The van der Waals surface area contributed by atoms with Gasteiger partial charge in [0, 0.05) is 21.7 Å². The van der Waals surface area contributed by atoms with E-state index in [2.05, 4.69) is 15.9 Å². The lowest BCUT2D eigenvalue weighted by Crippen LogP contribution is -2.00. The molecule has 0 spiro atoms. The molecule has 0 heterocycles. The van der Waals surface area contributed by atoms with Crippen LogP contribution in [0.15, 0.2) is 40.9 Å². The van der Waals surface area contributed by atoms with Gasteiger partial charge in [-0.2, -0.15) is 0 Å². The molecule has 112 valence electrons. The van der Waals surface area contributed by atoms with Gasteiger partial charge in [-0.25, -0.2) is 0 Å². The summed E-state index contributed by atoms with van der Waals surface area (Å²) in [6.45, 7) is 0.274. The maximum absolute atomic E-state index is 9.37. The summed E-state index contributed by atoms with van der Waals surface area (Å²) in [6.07, 6.45) is 0. The molecule has 0 atom stereocenters. The molecule has 1 N–H and O–H groups in total. The highest BCUT2D eigenvalue weighted by Crippen LogP contribution is 2.28. The minimum Gasteiger partial charge on any atom is -0.497 e. The number of hydrogen-bond donors (Lipinski definition) is 1.